The molecule has 2 aliphatic heterocycles. The van der Waals surface area contributed by atoms with E-state index < -0.39 is 22.2 Å². The van der Waals surface area contributed by atoms with Gasteiger partial charge in [0.2, 0.25) is 15.9 Å². The normalized spacial score (nSPS) is 24.0. The molecule has 3 atom stereocenters. The molecule has 2 aliphatic rings. The van der Waals surface area contributed by atoms with Crippen LogP contribution in [0, 0.1) is 0 Å². The fourth-order valence-corrected chi connectivity index (χ4v) is 5.78. The van der Waals surface area contributed by atoms with Gasteiger partial charge in [0.1, 0.15) is 0 Å². The van der Waals surface area contributed by atoms with Crippen LogP contribution in [0.25, 0.3) is 0 Å². The van der Waals surface area contributed by atoms with Crippen molar-refractivity contribution in [2.45, 2.75) is 42.4 Å². The Balaban J connectivity index is 1.28. The van der Waals surface area contributed by atoms with E-state index in [1.807, 2.05) is 23.1 Å². The maximum Gasteiger partial charge on any atom is 0.240 e. The van der Waals surface area contributed by atoms with Gasteiger partial charge in [-0.3, -0.25) is 4.79 Å². The maximum atomic E-state index is 12.9. The number of benzene rings is 2. The summed E-state index contributed by atoms with van der Waals surface area (Å²) in [5.41, 5.74) is 1.16. The second-order valence-electron chi connectivity index (χ2n) is 8.50. The number of sulfonamides is 1. The number of hydrogen-bond acceptors (Lipinski definition) is 6. The third-order valence-corrected chi connectivity index (χ3v) is 7.82. The van der Waals surface area contributed by atoms with Crippen LogP contribution in [0.1, 0.15) is 19.3 Å². The van der Waals surface area contributed by atoms with E-state index in [9.17, 15) is 18.3 Å². The Morgan fingerprint density at radius 2 is 1.61 bits per heavy atom. The summed E-state index contributed by atoms with van der Waals surface area (Å²) >= 11 is 0. The van der Waals surface area contributed by atoms with Crippen LogP contribution in [0.3, 0.4) is 0 Å². The number of piperazine rings is 1. The third kappa shape index (κ3) is 5.92. The first-order chi connectivity index (χ1) is 16.0. The lowest BCUT2D eigenvalue weighted by Gasteiger charge is -2.38. The minimum atomic E-state index is -3.71. The van der Waals surface area contributed by atoms with Gasteiger partial charge in [-0.25, -0.2) is 13.1 Å². The molecule has 33 heavy (non-hydrogen) atoms. The molecule has 2 fully saturated rings. The predicted molar refractivity (Wildman–Crippen MR) is 125 cm³/mol. The standard InChI is InChI=1S/C24H31N3O5S/c28-18-23-22(25-33(30,31)21-9-5-2-6-10-21)12-11-20(32-23)17-24(29)27-15-13-26(14-16-27)19-7-3-1-4-8-19/h1-10,20,22-23,25,28H,11-18H2/t20-,22-,23-/m0/s1. The second kappa shape index (κ2) is 10.6. The van der Waals surface area contributed by atoms with Gasteiger partial charge in [0.05, 0.1) is 36.2 Å². The van der Waals surface area contributed by atoms with Gasteiger partial charge in [-0.1, -0.05) is 36.4 Å². The lowest BCUT2D eigenvalue weighted by atomic mass is 9.97. The van der Waals surface area contributed by atoms with Crippen molar-refractivity contribution < 1.29 is 23.1 Å². The van der Waals surface area contributed by atoms with E-state index in [1.54, 1.807) is 18.2 Å². The summed E-state index contributed by atoms with van der Waals surface area (Å²) in [6.07, 6.45) is 0.259. The molecule has 2 aromatic carbocycles. The fourth-order valence-electron chi connectivity index (χ4n) is 4.46. The summed E-state index contributed by atoms with van der Waals surface area (Å²) in [6, 6.07) is 17.8. The van der Waals surface area contributed by atoms with Crippen LogP contribution in [-0.2, 0) is 19.6 Å². The lowest BCUT2D eigenvalue weighted by Crippen LogP contribution is -2.52. The Labute approximate surface area is 195 Å². The highest BCUT2D eigenvalue weighted by atomic mass is 32.2. The number of carbonyl (C=O) groups excluding carboxylic acids is 1. The van der Waals surface area contributed by atoms with E-state index in [-0.39, 0.29) is 29.9 Å². The molecular formula is C24H31N3O5S. The molecule has 8 nitrogen and oxygen atoms in total. The topological polar surface area (TPSA) is 99.2 Å². The lowest BCUT2D eigenvalue weighted by molar-refractivity contribution is -0.140. The van der Waals surface area contributed by atoms with Crippen molar-refractivity contribution in [3.8, 4) is 0 Å². The molecule has 2 saturated heterocycles. The van der Waals surface area contributed by atoms with Gasteiger partial charge >= 0.3 is 0 Å². The van der Waals surface area contributed by atoms with Crippen molar-refractivity contribution in [3.63, 3.8) is 0 Å². The predicted octanol–water partition coefficient (Wildman–Crippen LogP) is 1.61. The molecule has 2 heterocycles. The van der Waals surface area contributed by atoms with E-state index >= 15 is 0 Å². The van der Waals surface area contributed by atoms with E-state index in [4.69, 9.17) is 4.74 Å². The number of hydrogen-bond donors (Lipinski definition) is 2. The van der Waals surface area contributed by atoms with Gasteiger partial charge in [0.15, 0.2) is 0 Å². The highest BCUT2D eigenvalue weighted by Crippen LogP contribution is 2.25. The molecular weight excluding hydrogens is 442 g/mol. The zero-order valence-corrected chi connectivity index (χ0v) is 19.4. The van der Waals surface area contributed by atoms with Crippen molar-refractivity contribution >= 4 is 21.6 Å². The SMILES string of the molecule is O=C(C[C@@H]1CC[C@H](NS(=O)(=O)c2ccccc2)[C@H](CO)O1)N1CCN(c2ccccc2)CC1. The summed E-state index contributed by atoms with van der Waals surface area (Å²) in [4.78, 5) is 17.2. The summed E-state index contributed by atoms with van der Waals surface area (Å²) < 4.78 is 33.9. The number of nitrogens with zero attached hydrogens (tertiary/aromatic N) is 2. The zero-order valence-electron chi connectivity index (χ0n) is 18.5. The number of aliphatic hydroxyl groups is 1. The molecule has 178 valence electrons. The molecule has 0 aromatic heterocycles. The molecule has 0 bridgehead atoms. The smallest absolute Gasteiger partial charge is 0.240 e. The highest BCUT2D eigenvalue weighted by molar-refractivity contribution is 7.89. The average molecular weight is 474 g/mol. The van der Waals surface area contributed by atoms with Crippen LogP contribution >= 0.6 is 0 Å². The van der Waals surface area contributed by atoms with Crippen LogP contribution in [0.2, 0.25) is 0 Å². The van der Waals surface area contributed by atoms with Gasteiger partial charge in [0, 0.05) is 31.9 Å². The van der Waals surface area contributed by atoms with Crippen molar-refractivity contribution in [1.29, 1.82) is 0 Å². The Morgan fingerprint density at radius 1 is 0.970 bits per heavy atom. The van der Waals surface area contributed by atoms with Crippen LogP contribution in [0.15, 0.2) is 65.6 Å². The van der Waals surface area contributed by atoms with Crippen LogP contribution in [0.4, 0.5) is 5.69 Å². The molecule has 2 aromatic rings. The van der Waals surface area contributed by atoms with Crippen molar-refractivity contribution in [1.82, 2.24) is 9.62 Å². The monoisotopic (exact) mass is 473 g/mol. The largest absolute Gasteiger partial charge is 0.394 e. The Hall–Kier alpha value is -2.46. The van der Waals surface area contributed by atoms with Gasteiger partial charge in [-0.05, 0) is 37.1 Å². The van der Waals surface area contributed by atoms with Crippen LogP contribution in [0.5, 0.6) is 0 Å². The summed E-state index contributed by atoms with van der Waals surface area (Å²) in [7, 11) is -3.71. The Kier molecular flexibility index (Phi) is 7.64. The third-order valence-electron chi connectivity index (χ3n) is 6.31. The van der Waals surface area contributed by atoms with Crippen molar-refractivity contribution in [2.24, 2.45) is 0 Å². The van der Waals surface area contributed by atoms with Gasteiger partial charge < -0.3 is 19.6 Å². The molecule has 0 aliphatic carbocycles. The number of carbonyl (C=O) groups is 1. The fraction of sp³-hybridized carbons (Fsp3) is 0.458. The van der Waals surface area contributed by atoms with Gasteiger partial charge in [-0.2, -0.15) is 0 Å². The van der Waals surface area contributed by atoms with Crippen LogP contribution < -0.4 is 9.62 Å². The van der Waals surface area contributed by atoms with E-state index in [0.29, 0.717) is 25.9 Å². The minimum Gasteiger partial charge on any atom is -0.394 e. The molecule has 2 N–H and O–H groups in total. The number of para-hydroxylation sites is 1. The first-order valence-electron chi connectivity index (χ1n) is 11.4. The Morgan fingerprint density at radius 3 is 2.24 bits per heavy atom. The van der Waals surface area contributed by atoms with Gasteiger partial charge in [-0.15, -0.1) is 0 Å². The first kappa shape index (κ1) is 23.7. The van der Waals surface area contributed by atoms with E-state index in [0.717, 1.165) is 18.8 Å². The molecule has 4 rings (SSSR count). The van der Waals surface area contributed by atoms with Crippen molar-refractivity contribution in [2.75, 3.05) is 37.7 Å². The molecule has 9 heteroatoms. The average Bonchev–Trinajstić information content (AvgIpc) is 2.86. The summed E-state index contributed by atoms with van der Waals surface area (Å²) in [5, 5.41) is 9.81. The Bertz CT molecular complexity index is 1010. The number of anilines is 1. The van der Waals surface area contributed by atoms with E-state index in [1.165, 1.54) is 12.1 Å². The minimum absolute atomic E-state index is 0.0349. The summed E-state index contributed by atoms with van der Waals surface area (Å²) in [5.74, 6) is 0.0349. The number of aliphatic hydroxyl groups excluding tert-OH is 1. The van der Waals surface area contributed by atoms with Crippen molar-refractivity contribution in [3.05, 3.63) is 60.7 Å². The first-order valence-corrected chi connectivity index (χ1v) is 12.9. The van der Waals surface area contributed by atoms with Gasteiger partial charge in [0.25, 0.3) is 0 Å². The van der Waals surface area contributed by atoms with Crippen LogP contribution in [-0.4, -0.2) is 75.4 Å². The summed E-state index contributed by atoms with van der Waals surface area (Å²) in [6.45, 7) is 2.56. The molecule has 0 radical (unpaired) electrons. The maximum absolute atomic E-state index is 12.9. The molecule has 1 amide bonds. The quantitative estimate of drug-likeness (QED) is 0.634. The van der Waals surface area contributed by atoms with E-state index in [2.05, 4.69) is 21.8 Å². The number of rotatable bonds is 7. The zero-order chi connectivity index (χ0) is 23.3. The molecule has 0 unspecified atom stereocenters. The number of ether oxygens (including phenoxy) is 1. The molecule has 0 spiro atoms. The number of nitrogens with one attached hydrogen (secondary N) is 1. The highest BCUT2D eigenvalue weighted by Gasteiger charge is 2.35. The number of amides is 1. The molecule has 0 saturated carbocycles. The second-order valence-corrected chi connectivity index (χ2v) is 10.2.